The number of hydrazone groups is 1. The van der Waals surface area contributed by atoms with E-state index in [9.17, 15) is 4.79 Å². The fourth-order valence-electron chi connectivity index (χ4n) is 4.56. The van der Waals surface area contributed by atoms with Gasteiger partial charge in [0.05, 0.1) is 5.57 Å². The zero-order valence-electron chi connectivity index (χ0n) is 18.1. The molecule has 7 nitrogen and oxygen atoms in total. The van der Waals surface area contributed by atoms with E-state index in [1.807, 2.05) is 12.1 Å². The summed E-state index contributed by atoms with van der Waals surface area (Å²) < 4.78 is 0. The molecule has 1 aliphatic heterocycles. The maximum Gasteiger partial charge on any atom is 0.273 e. The molecule has 3 heterocycles. The molecular formula is C24H30N6O. The Kier molecular flexibility index (Phi) is 5.68. The monoisotopic (exact) mass is 418 g/mol. The molecule has 0 saturated heterocycles. The first-order valence-corrected chi connectivity index (χ1v) is 11.5. The van der Waals surface area contributed by atoms with Crippen molar-refractivity contribution >= 4 is 17.7 Å². The maximum atomic E-state index is 12.5. The number of H-pyrrole nitrogens is 1. The second-order valence-electron chi connectivity index (χ2n) is 8.94. The van der Waals surface area contributed by atoms with Gasteiger partial charge in [-0.1, -0.05) is 6.42 Å². The van der Waals surface area contributed by atoms with Gasteiger partial charge in [0.25, 0.3) is 5.91 Å². The van der Waals surface area contributed by atoms with Crippen LogP contribution in [0.3, 0.4) is 0 Å². The topological polar surface area (TPSA) is 95.1 Å². The van der Waals surface area contributed by atoms with E-state index in [4.69, 9.17) is 0 Å². The summed E-state index contributed by atoms with van der Waals surface area (Å²) in [6.07, 6.45) is 13.5. The van der Waals surface area contributed by atoms with Crippen LogP contribution in [-0.2, 0) is 11.2 Å². The Bertz CT molecular complexity index is 1010. The molecule has 0 atom stereocenters. The molecule has 3 N–H and O–H groups in total. The minimum atomic E-state index is -0.196. The fraction of sp³-hybridized carbons (Fsp3) is 0.500. The molecule has 0 radical (unpaired) electrons. The highest BCUT2D eigenvalue weighted by atomic mass is 16.2. The lowest BCUT2D eigenvalue weighted by atomic mass is 9.93. The number of aryl methyl sites for hydroxylation is 1. The molecule has 2 fully saturated rings. The van der Waals surface area contributed by atoms with Gasteiger partial charge in [0.2, 0.25) is 0 Å². The predicted molar refractivity (Wildman–Crippen MR) is 121 cm³/mol. The molecule has 1 amide bonds. The van der Waals surface area contributed by atoms with E-state index in [0.717, 1.165) is 24.7 Å². The second-order valence-corrected chi connectivity index (χ2v) is 8.94. The summed E-state index contributed by atoms with van der Waals surface area (Å²) in [5.41, 5.74) is 9.38. The number of carbonyl (C=O) groups excluding carboxylic acids is 1. The summed E-state index contributed by atoms with van der Waals surface area (Å²) in [4.78, 5) is 16.1. The number of aromatic amines is 1. The summed E-state index contributed by atoms with van der Waals surface area (Å²) in [5, 5.41) is 15.9. The van der Waals surface area contributed by atoms with Crippen LogP contribution in [-0.4, -0.2) is 39.4 Å². The smallest absolute Gasteiger partial charge is 0.273 e. The Morgan fingerprint density at radius 1 is 1.23 bits per heavy atom. The Hall–Kier alpha value is -2.80. The van der Waals surface area contributed by atoms with Crippen molar-refractivity contribution in [2.75, 3.05) is 6.54 Å². The lowest BCUT2D eigenvalue weighted by Gasteiger charge is -2.26. The van der Waals surface area contributed by atoms with Crippen LogP contribution in [0.15, 0.2) is 29.0 Å². The lowest BCUT2D eigenvalue weighted by Crippen LogP contribution is -2.35. The first-order valence-electron chi connectivity index (χ1n) is 11.5. The first-order chi connectivity index (χ1) is 15.2. The Morgan fingerprint density at radius 3 is 2.81 bits per heavy atom. The number of nitrogens with zero attached hydrogens (tertiary/aromatic N) is 3. The van der Waals surface area contributed by atoms with E-state index in [1.165, 1.54) is 61.8 Å². The number of rotatable bonds is 9. The average Bonchev–Trinajstić information content (AvgIpc) is 3.45. The van der Waals surface area contributed by atoms with Crippen molar-refractivity contribution in [2.24, 2.45) is 5.10 Å². The molecule has 162 valence electrons. The lowest BCUT2D eigenvalue weighted by molar-refractivity contribution is -0.116. The fourth-order valence-corrected chi connectivity index (χ4v) is 4.56. The molecule has 2 aliphatic carbocycles. The minimum Gasteiger partial charge on any atom is -0.359 e. The van der Waals surface area contributed by atoms with Gasteiger partial charge in [-0.25, -0.2) is 5.43 Å². The van der Waals surface area contributed by atoms with E-state index >= 15 is 0 Å². The molecule has 0 spiro atoms. The first kappa shape index (κ1) is 20.1. The van der Waals surface area contributed by atoms with E-state index < -0.39 is 0 Å². The minimum absolute atomic E-state index is 0.196. The summed E-state index contributed by atoms with van der Waals surface area (Å²) in [7, 11) is 0. The number of hydrogen-bond donors (Lipinski definition) is 3. The Labute approximate surface area is 182 Å². The standard InChI is InChI=1S/C24H30N6O/c1-15-18(8-2-3-12-25-17-6-4-7-17)22(16-10-11-16)21(27-15)14-19-23(29-30-24(19)31)20-9-5-13-26-28-20/h5,9,13-14,16-17,25,27H,2-4,6-8,10-12H2,1H3,(H,30,31). The van der Waals surface area contributed by atoms with Crippen LogP contribution < -0.4 is 10.7 Å². The molecule has 0 bridgehead atoms. The predicted octanol–water partition coefficient (Wildman–Crippen LogP) is 3.37. The van der Waals surface area contributed by atoms with E-state index in [1.54, 1.807) is 12.3 Å². The van der Waals surface area contributed by atoms with Crippen LogP contribution >= 0.6 is 0 Å². The number of hydrogen-bond acceptors (Lipinski definition) is 5. The van der Waals surface area contributed by atoms with E-state index in [0.29, 0.717) is 22.9 Å². The van der Waals surface area contributed by atoms with Gasteiger partial charge in [0.1, 0.15) is 11.4 Å². The number of nitrogens with one attached hydrogen (secondary N) is 3. The molecule has 3 aliphatic rings. The second kappa shape index (κ2) is 8.75. The van der Waals surface area contributed by atoms with E-state index in [2.05, 4.69) is 37.9 Å². The van der Waals surface area contributed by atoms with Crippen molar-refractivity contribution in [3.8, 4) is 0 Å². The number of unbranched alkanes of at least 4 members (excludes halogenated alkanes) is 1. The summed E-state index contributed by atoms with van der Waals surface area (Å²) in [6.45, 7) is 3.27. The number of aromatic nitrogens is 3. The van der Waals surface area contributed by atoms with Crippen molar-refractivity contribution in [3.05, 3.63) is 52.1 Å². The number of amides is 1. The third-order valence-corrected chi connectivity index (χ3v) is 6.64. The van der Waals surface area contributed by atoms with Crippen LogP contribution in [0.25, 0.3) is 6.08 Å². The summed E-state index contributed by atoms with van der Waals surface area (Å²) in [6, 6.07) is 4.39. The van der Waals surface area contributed by atoms with Crippen molar-refractivity contribution in [3.63, 3.8) is 0 Å². The molecule has 5 rings (SSSR count). The molecule has 0 unspecified atom stereocenters. The molecule has 2 saturated carbocycles. The normalized spacial score (nSPS) is 20.1. The maximum absolute atomic E-state index is 12.5. The summed E-state index contributed by atoms with van der Waals surface area (Å²) in [5.74, 6) is 0.402. The van der Waals surface area contributed by atoms with Crippen LogP contribution in [0, 0.1) is 6.92 Å². The van der Waals surface area contributed by atoms with Crippen molar-refractivity contribution in [1.29, 1.82) is 0 Å². The number of carbonyl (C=O) groups is 1. The molecule has 2 aromatic heterocycles. The van der Waals surface area contributed by atoms with Gasteiger partial charge >= 0.3 is 0 Å². The largest absolute Gasteiger partial charge is 0.359 e. The van der Waals surface area contributed by atoms with Gasteiger partial charge in [0, 0.05) is 23.6 Å². The molecule has 0 aromatic carbocycles. The van der Waals surface area contributed by atoms with Gasteiger partial charge in [-0.2, -0.15) is 10.2 Å². The van der Waals surface area contributed by atoms with Crippen LogP contribution in [0.2, 0.25) is 0 Å². The van der Waals surface area contributed by atoms with Gasteiger partial charge in [-0.15, -0.1) is 5.10 Å². The third-order valence-electron chi connectivity index (χ3n) is 6.64. The van der Waals surface area contributed by atoms with Crippen molar-refractivity contribution in [2.45, 2.75) is 70.3 Å². The molecule has 7 heteroatoms. The Balaban J connectivity index is 1.35. The van der Waals surface area contributed by atoms with Gasteiger partial charge < -0.3 is 10.3 Å². The van der Waals surface area contributed by atoms with Crippen LogP contribution in [0.5, 0.6) is 0 Å². The highest BCUT2D eigenvalue weighted by Gasteiger charge is 2.32. The van der Waals surface area contributed by atoms with Crippen molar-refractivity contribution < 1.29 is 4.79 Å². The highest BCUT2D eigenvalue weighted by Crippen LogP contribution is 2.45. The molecule has 31 heavy (non-hydrogen) atoms. The van der Waals surface area contributed by atoms with Crippen LogP contribution in [0.1, 0.15) is 79.1 Å². The van der Waals surface area contributed by atoms with Gasteiger partial charge in [-0.05, 0) is 93.7 Å². The third kappa shape index (κ3) is 4.32. The quantitative estimate of drug-likeness (QED) is 0.430. The van der Waals surface area contributed by atoms with E-state index in [-0.39, 0.29) is 5.91 Å². The zero-order chi connectivity index (χ0) is 21.2. The average molecular weight is 419 g/mol. The van der Waals surface area contributed by atoms with Crippen molar-refractivity contribution in [1.82, 2.24) is 25.9 Å². The summed E-state index contributed by atoms with van der Waals surface area (Å²) >= 11 is 0. The Morgan fingerprint density at radius 2 is 2.10 bits per heavy atom. The van der Waals surface area contributed by atoms with Crippen LogP contribution in [0.4, 0.5) is 0 Å². The zero-order valence-corrected chi connectivity index (χ0v) is 18.1. The van der Waals surface area contributed by atoms with Gasteiger partial charge in [-0.3, -0.25) is 4.79 Å². The van der Waals surface area contributed by atoms with Gasteiger partial charge in [0.15, 0.2) is 0 Å². The SMILES string of the molecule is Cc1[nH]c(C=C2C(=O)NN=C2c2cccnn2)c(C2CC2)c1CCCCNC1CCC1. The molecule has 2 aromatic rings. The highest BCUT2D eigenvalue weighted by molar-refractivity contribution is 6.32. The molecular weight excluding hydrogens is 388 g/mol.